The lowest BCUT2D eigenvalue weighted by Crippen LogP contribution is -2.46. The fourth-order valence-electron chi connectivity index (χ4n) is 3.75. The molecule has 1 aliphatic rings. The van der Waals surface area contributed by atoms with E-state index < -0.39 is 24.5 Å². The summed E-state index contributed by atoms with van der Waals surface area (Å²) in [4.78, 5) is 38.0. The molecular formula is C27H30N4O4. The Labute approximate surface area is 204 Å². The zero-order valence-electron chi connectivity index (χ0n) is 20.2. The van der Waals surface area contributed by atoms with Crippen molar-refractivity contribution >= 4 is 23.6 Å². The molecule has 2 N–H and O–H groups in total. The van der Waals surface area contributed by atoms with E-state index in [4.69, 9.17) is 4.74 Å². The van der Waals surface area contributed by atoms with Crippen LogP contribution in [0.1, 0.15) is 54.2 Å². The lowest BCUT2D eigenvalue weighted by molar-refractivity contribution is -0.150. The highest BCUT2D eigenvalue weighted by Crippen LogP contribution is 2.40. The minimum absolute atomic E-state index is 0.222. The number of ether oxygens (including phenoxy) is 1. The van der Waals surface area contributed by atoms with Crippen molar-refractivity contribution in [3.05, 3.63) is 77.5 Å². The Bertz CT molecular complexity index is 1210. The van der Waals surface area contributed by atoms with Gasteiger partial charge in [-0.1, -0.05) is 49.7 Å². The van der Waals surface area contributed by atoms with Gasteiger partial charge in [-0.05, 0) is 49.9 Å². The minimum Gasteiger partial charge on any atom is -0.454 e. The van der Waals surface area contributed by atoms with E-state index in [1.54, 1.807) is 36.7 Å². The van der Waals surface area contributed by atoms with E-state index in [9.17, 15) is 14.4 Å². The number of nitrogens with zero attached hydrogens (tertiary/aromatic N) is 2. The van der Waals surface area contributed by atoms with E-state index in [1.807, 2.05) is 49.4 Å². The van der Waals surface area contributed by atoms with Crippen molar-refractivity contribution < 1.29 is 19.1 Å². The first-order chi connectivity index (χ1) is 16.8. The Morgan fingerprint density at radius 3 is 2.46 bits per heavy atom. The van der Waals surface area contributed by atoms with Crippen LogP contribution in [0.2, 0.25) is 0 Å². The van der Waals surface area contributed by atoms with E-state index in [0.29, 0.717) is 17.3 Å². The van der Waals surface area contributed by atoms with Crippen LogP contribution in [0.3, 0.4) is 0 Å². The minimum atomic E-state index is -0.882. The monoisotopic (exact) mass is 474 g/mol. The molecule has 1 saturated carbocycles. The highest BCUT2D eigenvalue weighted by Gasteiger charge is 2.29. The highest BCUT2D eigenvalue weighted by atomic mass is 16.5. The number of carbonyl (C=O) groups excluding carboxylic acids is 3. The molecule has 0 saturated heterocycles. The number of aromatic nitrogens is 2. The van der Waals surface area contributed by atoms with Crippen LogP contribution in [0.4, 0.5) is 5.82 Å². The third kappa shape index (κ3) is 6.15. The van der Waals surface area contributed by atoms with Crippen LogP contribution >= 0.6 is 0 Å². The number of para-hydroxylation sites is 1. The van der Waals surface area contributed by atoms with E-state index >= 15 is 0 Å². The quantitative estimate of drug-likeness (QED) is 0.457. The second-order valence-corrected chi connectivity index (χ2v) is 9.20. The van der Waals surface area contributed by atoms with E-state index in [2.05, 4.69) is 15.7 Å². The van der Waals surface area contributed by atoms with E-state index in [0.717, 1.165) is 29.8 Å². The fourth-order valence-corrected chi connectivity index (χ4v) is 3.75. The Morgan fingerprint density at radius 1 is 1.06 bits per heavy atom. The summed E-state index contributed by atoms with van der Waals surface area (Å²) in [6.45, 7) is 5.03. The number of carbonyl (C=O) groups is 3. The number of anilines is 1. The molecular weight excluding hydrogens is 444 g/mol. The summed E-state index contributed by atoms with van der Waals surface area (Å²) in [6, 6.07) is 17.6. The lowest BCUT2D eigenvalue weighted by atomic mass is 10.0. The fraction of sp³-hybridized carbons (Fsp3) is 0.333. The second-order valence-electron chi connectivity index (χ2n) is 9.20. The predicted molar refractivity (Wildman–Crippen MR) is 132 cm³/mol. The highest BCUT2D eigenvalue weighted by molar-refractivity contribution is 5.97. The summed E-state index contributed by atoms with van der Waals surface area (Å²) in [5, 5.41) is 10.2. The van der Waals surface area contributed by atoms with Crippen molar-refractivity contribution in [1.82, 2.24) is 15.1 Å². The van der Waals surface area contributed by atoms with Gasteiger partial charge in [0, 0.05) is 17.5 Å². The van der Waals surface area contributed by atoms with E-state index in [1.165, 1.54) is 0 Å². The van der Waals surface area contributed by atoms with Crippen LogP contribution < -0.4 is 10.6 Å². The lowest BCUT2D eigenvalue weighted by Gasteiger charge is -2.21. The summed E-state index contributed by atoms with van der Waals surface area (Å²) < 4.78 is 6.96. The van der Waals surface area contributed by atoms with Gasteiger partial charge < -0.3 is 15.4 Å². The molecule has 2 amide bonds. The Morgan fingerprint density at radius 2 is 1.80 bits per heavy atom. The van der Waals surface area contributed by atoms with Crippen LogP contribution in [0.15, 0.2) is 60.7 Å². The first-order valence-electron chi connectivity index (χ1n) is 11.8. The smallest absolute Gasteiger partial charge is 0.329 e. The van der Waals surface area contributed by atoms with Gasteiger partial charge >= 0.3 is 5.97 Å². The first kappa shape index (κ1) is 24.2. The maximum Gasteiger partial charge on any atom is 0.329 e. The molecule has 1 aliphatic carbocycles. The standard InChI is InChI=1S/C27H30N4O4/c1-17(2)25(29-26(33)20-9-7-8-18(3)14-20)27(34)35-16-24(32)28-23-15-22(19-12-13-19)30-31(23)21-10-5-4-6-11-21/h4-11,14-15,17,19,25H,12-13,16H2,1-3H3,(H,28,32)(H,29,33)/t25-/m0/s1. The van der Waals surface area contributed by atoms with Gasteiger partial charge in [0.05, 0.1) is 11.4 Å². The summed E-state index contributed by atoms with van der Waals surface area (Å²) >= 11 is 0. The van der Waals surface area contributed by atoms with Crippen LogP contribution in [0.5, 0.6) is 0 Å². The largest absolute Gasteiger partial charge is 0.454 e. The number of esters is 1. The van der Waals surface area contributed by atoms with Crippen molar-refractivity contribution in [1.29, 1.82) is 0 Å². The van der Waals surface area contributed by atoms with Gasteiger partial charge in [-0.15, -0.1) is 0 Å². The third-order valence-corrected chi connectivity index (χ3v) is 5.83. The zero-order chi connectivity index (χ0) is 24.9. The van der Waals surface area contributed by atoms with Gasteiger partial charge in [-0.3, -0.25) is 9.59 Å². The van der Waals surface area contributed by atoms with Gasteiger partial charge in [-0.2, -0.15) is 5.10 Å². The maximum atomic E-state index is 12.7. The summed E-state index contributed by atoms with van der Waals surface area (Å²) in [7, 11) is 0. The first-order valence-corrected chi connectivity index (χ1v) is 11.8. The number of amides is 2. The van der Waals surface area contributed by atoms with Crippen LogP contribution in [-0.4, -0.2) is 40.2 Å². The Kier molecular flexibility index (Phi) is 7.29. The number of rotatable bonds is 9. The molecule has 0 radical (unpaired) electrons. The molecule has 1 atom stereocenters. The molecule has 35 heavy (non-hydrogen) atoms. The molecule has 1 fully saturated rings. The van der Waals surface area contributed by atoms with Crippen LogP contribution in [0, 0.1) is 12.8 Å². The molecule has 1 aromatic heterocycles. The van der Waals surface area contributed by atoms with Crippen molar-refractivity contribution in [3.8, 4) is 5.69 Å². The molecule has 8 heteroatoms. The number of hydrogen-bond donors (Lipinski definition) is 2. The molecule has 3 aromatic rings. The molecule has 0 spiro atoms. The van der Waals surface area contributed by atoms with Crippen molar-refractivity contribution in [3.63, 3.8) is 0 Å². The van der Waals surface area contributed by atoms with Gasteiger partial charge in [0.15, 0.2) is 6.61 Å². The zero-order valence-corrected chi connectivity index (χ0v) is 20.2. The van der Waals surface area contributed by atoms with Gasteiger partial charge in [0.2, 0.25) is 0 Å². The SMILES string of the molecule is Cc1cccc(C(=O)N[C@H](C(=O)OCC(=O)Nc2cc(C3CC3)nn2-c2ccccc2)C(C)C)c1. The second kappa shape index (κ2) is 10.5. The molecule has 0 bridgehead atoms. The summed E-state index contributed by atoms with van der Waals surface area (Å²) in [6.07, 6.45) is 2.17. The van der Waals surface area contributed by atoms with Gasteiger partial charge in [0.1, 0.15) is 11.9 Å². The molecule has 8 nitrogen and oxygen atoms in total. The Balaban J connectivity index is 1.38. The topological polar surface area (TPSA) is 102 Å². The van der Waals surface area contributed by atoms with Crippen molar-refractivity contribution in [2.75, 3.05) is 11.9 Å². The molecule has 0 unspecified atom stereocenters. The maximum absolute atomic E-state index is 12.7. The van der Waals surface area contributed by atoms with Gasteiger partial charge in [-0.25, -0.2) is 9.48 Å². The molecule has 2 aromatic carbocycles. The number of benzene rings is 2. The number of hydrogen-bond acceptors (Lipinski definition) is 5. The molecule has 1 heterocycles. The summed E-state index contributed by atoms with van der Waals surface area (Å²) in [5.41, 5.74) is 3.16. The molecule has 182 valence electrons. The third-order valence-electron chi connectivity index (χ3n) is 5.83. The van der Waals surface area contributed by atoms with Crippen LogP contribution in [0.25, 0.3) is 5.69 Å². The van der Waals surface area contributed by atoms with Gasteiger partial charge in [0.25, 0.3) is 11.8 Å². The number of aryl methyl sites for hydroxylation is 1. The average Bonchev–Trinajstić information content (AvgIpc) is 3.61. The van der Waals surface area contributed by atoms with Crippen molar-refractivity contribution in [2.24, 2.45) is 5.92 Å². The Hall–Kier alpha value is -3.94. The molecule has 4 rings (SSSR count). The number of nitrogens with one attached hydrogen (secondary N) is 2. The van der Waals surface area contributed by atoms with Crippen LogP contribution in [-0.2, 0) is 14.3 Å². The predicted octanol–water partition coefficient (Wildman–Crippen LogP) is 3.99. The molecule has 0 aliphatic heterocycles. The summed E-state index contributed by atoms with van der Waals surface area (Å²) in [5.74, 6) is -0.797. The average molecular weight is 475 g/mol. The van der Waals surface area contributed by atoms with E-state index in [-0.39, 0.29) is 11.8 Å². The normalized spacial score (nSPS) is 13.8. The van der Waals surface area contributed by atoms with Crippen molar-refractivity contribution in [2.45, 2.75) is 45.6 Å².